The van der Waals surface area contributed by atoms with Gasteiger partial charge in [0.15, 0.2) is 11.5 Å². The smallest absolute Gasteiger partial charge is 0.351 e. The number of pyridine rings is 2. The molecule has 0 amide bonds. The van der Waals surface area contributed by atoms with Crippen molar-refractivity contribution in [2.24, 2.45) is 0 Å². The summed E-state index contributed by atoms with van der Waals surface area (Å²) in [6.45, 7) is 1.25. The molecule has 1 aliphatic heterocycles. The topological polar surface area (TPSA) is 95.8 Å². The number of hydrogen-bond acceptors (Lipinski definition) is 9. The van der Waals surface area contributed by atoms with E-state index in [9.17, 15) is 26.3 Å². The van der Waals surface area contributed by atoms with Crippen LogP contribution in [0.25, 0.3) is 22.6 Å². The van der Waals surface area contributed by atoms with Crippen molar-refractivity contribution in [3.63, 3.8) is 0 Å². The molecule has 1 atom stereocenters. The number of anilines is 3. The summed E-state index contributed by atoms with van der Waals surface area (Å²) >= 11 is 0. The predicted octanol–water partition coefficient (Wildman–Crippen LogP) is 5.58. The van der Waals surface area contributed by atoms with E-state index in [1.54, 1.807) is 0 Å². The zero-order valence-electron chi connectivity index (χ0n) is 22.0. The standard InChI is InChI=1S/C26H25F6N9/c1-40(2)14-16-5-3-4-10-41(16)21-11-17(26(30,31)32)22(39-38-21)19-13-35-23-18(8-9-33-24(23)37-19)36-20-7-6-15(12-34-20)25(27,28)29/h6-9,11-13,16H,3-5,10,14H2,1-2H3,(H,33,34,36,37). The number of rotatable bonds is 6. The van der Waals surface area contributed by atoms with E-state index < -0.39 is 29.2 Å². The van der Waals surface area contributed by atoms with Crippen LogP contribution in [0, 0.1) is 0 Å². The number of fused-ring (bicyclic) bond motifs is 1. The summed E-state index contributed by atoms with van der Waals surface area (Å²) in [5, 5.41) is 11.0. The van der Waals surface area contributed by atoms with Crippen LogP contribution in [-0.4, -0.2) is 68.3 Å². The molecule has 0 aromatic carbocycles. The van der Waals surface area contributed by atoms with Crippen LogP contribution in [0.1, 0.15) is 30.4 Å². The van der Waals surface area contributed by atoms with Gasteiger partial charge < -0.3 is 15.1 Å². The maximum absolute atomic E-state index is 14.3. The first-order valence-corrected chi connectivity index (χ1v) is 12.7. The molecule has 0 saturated carbocycles. The number of nitrogens with zero attached hydrogens (tertiary/aromatic N) is 8. The molecule has 216 valence electrons. The molecule has 1 saturated heterocycles. The van der Waals surface area contributed by atoms with Crippen LogP contribution in [0.3, 0.4) is 0 Å². The molecule has 4 aromatic heterocycles. The van der Waals surface area contributed by atoms with E-state index in [0.717, 1.165) is 43.7 Å². The summed E-state index contributed by atoms with van der Waals surface area (Å²) < 4.78 is 81.3. The van der Waals surface area contributed by atoms with Crippen LogP contribution in [0.2, 0.25) is 0 Å². The molecule has 15 heteroatoms. The minimum Gasteiger partial charge on any atom is -0.351 e. The maximum atomic E-state index is 14.3. The molecule has 0 radical (unpaired) electrons. The Balaban J connectivity index is 1.48. The molecule has 41 heavy (non-hydrogen) atoms. The Morgan fingerprint density at radius 1 is 0.951 bits per heavy atom. The van der Waals surface area contributed by atoms with Crippen molar-refractivity contribution in [2.45, 2.75) is 37.7 Å². The van der Waals surface area contributed by atoms with Crippen molar-refractivity contribution in [1.82, 2.24) is 35.0 Å². The second-order valence-corrected chi connectivity index (χ2v) is 9.91. The molecule has 0 bridgehead atoms. The lowest BCUT2D eigenvalue weighted by atomic mass is 10.0. The van der Waals surface area contributed by atoms with Gasteiger partial charge in [-0.2, -0.15) is 26.3 Å². The van der Waals surface area contributed by atoms with E-state index >= 15 is 0 Å². The number of alkyl halides is 6. The van der Waals surface area contributed by atoms with Crippen LogP contribution >= 0.6 is 0 Å². The summed E-state index contributed by atoms with van der Waals surface area (Å²) in [7, 11) is 3.83. The fourth-order valence-corrected chi connectivity index (χ4v) is 4.75. The molecule has 4 aromatic rings. The molecule has 9 nitrogen and oxygen atoms in total. The lowest BCUT2D eigenvalue weighted by Crippen LogP contribution is -2.46. The van der Waals surface area contributed by atoms with Gasteiger partial charge in [0.05, 0.1) is 23.0 Å². The summed E-state index contributed by atoms with van der Waals surface area (Å²) in [6.07, 6.45) is -3.46. The molecule has 5 rings (SSSR count). The Morgan fingerprint density at radius 3 is 2.44 bits per heavy atom. The average Bonchev–Trinajstić information content (AvgIpc) is 2.92. The Bertz CT molecular complexity index is 1520. The lowest BCUT2D eigenvalue weighted by Gasteiger charge is -2.38. The number of aromatic nitrogens is 6. The molecular formula is C26H25F6N9. The van der Waals surface area contributed by atoms with Gasteiger partial charge in [0.1, 0.15) is 22.7 Å². The Labute approximate surface area is 230 Å². The minimum atomic E-state index is -4.74. The first-order valence-electron chi connectivity index (χ1n) is 12.7. The predicted molar refractivity (Wildman–Crippen MR) is 139 cm³/mol. The third-order valence-electron chi connectivity index (χ3n) is 6.63. The van der Waals surface area contributed by atoms with Crippen molar-refractivity contribution in [2.75, 3.05) is 37.4 Å². The Morgan fingerprint density at radius 2 is 1.76 bits per heavy atom. The van der Waals surface area contributed by atoms with Gasteiger partial charge in [0.2, 0.25) is 0 Å². The van der Waals surface area contributed by atoms with Crippen LogP contribution in [0.4, 0.5) is 43.7 Å². The van der Waals surface area contributed by atoms with Gasteiger partial charge in [-0.05, 0) is 57.6 Å². The van der Waals surface area contributed by atoms with Gasteiger partial charge in [-0.25, -0.2) is 19.9 Å². The first kappa shape index (κ1) is 28.4. The zero-order chi connectivity index (χ0) is 29.4. The van der Waals surface area contributed by atoms with Gasteiger partial charge in [-0.1, -0.05) is 0 Å². The quantitative estimate of drug-likeness (QED) is 0.295. The van der Waals surface area contributed by atoms with Crippen molar-refractivity contribution in [3.05, 3.63) is 54.0 Å². The fraction of sp³-hybridized carbons (Fsp3) is 0.385. The van der Waals surface area contributed by atoms with Gasteiger partial charge in [0.25, 0.3) is 0 Å². The minimum absolute atomic E-state index is 0.000454. The van der Waals surface area contributed by atoms with E-state index in [2.05, 4.69) is 35.5 Å². The molecular weight excluding hydrogens is 552 g/mol. The second-order valence-electron chi connectivity index (χ2n) is 9.91. The van der Waals surface area contributed by atoms with Gasteiger partial charge in [0, 0.05) is 31.5 Å². The van der Waals surface area contributed by atoms with Gasteiger partial charge in [-0.3, -0.25) is 0 Å². The van der Waals surface area contributed by atoms with E-state index in [-0.39, 0.29) is 34.5 Å². The van der Waals surface area contributed by atoms with Crippen molar-refractivity contribution >= 4 is 28.5 Å². The number of piperidine rings is 1. The highest BCUT2D eigenvalue weighted by molar-refractivity contribution is 5.87. The molecule has 0 aliphatic carbocycles. The van der Waals surface area contributed by atoms with E-state index in [0.29, 0.717) is 25.0 Å². The summed E-state index contributed by atoms with van der Waals surface area (Å²) in [4.78, 5) is 20.2. The van der Waals surface area contributed by atoms with Crippen LogP contribution < -0.4 is 10.2 Å². The monoisotopic (exact) mass is 577 g/mol. The van der Waals surface area contributed by atoms with Crippen LogP contribution in [0.15, 0.2) is 42.9 Å². The normalized spacial score (nSPS) is 16.4. The highest BCUT2D eigenvalue weighted by Gasteiger charge is 2.37. The molecule has 1 N–H and O–H groups in total. The second kappa shape index (κ2) is 11.0. The average molecular weight is 578 g/mol. The molecule has 1 fully saturated rings. The molecule has 0 spiro atoms. The number of likely N-dealkylation sites (N-methyl/N-ethyl adjacent to an activating group) is 1. The Hall–Kier alpha value is -4.14. The van der Waals surface area contributed by atoms with Crippen molar-refractivity contribution in [1.29, 1.82) is 0 Å². The summed E-state index contributed by atoms with van der Waals surface area (Å²) in [6, 6.07) is 4.53. The Kier molecular flexibility index (Phi) is 7.64. The van der Waals surface area contributed by atoms with Crippen molar-refractivity contribution < 1.29 is 26.3 Å². The van der Waals surface area contributed by atoms with Crippen LogP contribution in [0.5, 0.6) is 0 Å². The third-order valence-corrected chi connectivity index (χ3v) is 6.63. The van der Waals surface area contributed by atoms with E-state index in [1.165, 1.54) is 12.3 Å². The number of halogens is 6. The van der Waals surface area contributed by atoms with E-state index in [4.69, 9.17) is 0 Å². The largest absolute Gasteiger partial charge is 0.418 e. The first-order chi connectivity index (χ1) is 19.4. The maximum Gasteiger partial charge on any atom is 0.418 e. The number of hydrogen-bond donors (Lipinski definition) is 1. The molecule has 1 unspecified atom stereocenters. The summed E-state index contributed by atoms with van der Waals surface area (Å²) in [5.74, 6) is 0.248. The van der Waals surface area contributed by atoms with Gasteiger partial charge in [-0.15, -0.1) is 10.2 Å². The van der Waals surface area contributed by atoms with Gasteiger partial charge >= 0.3 is 12.4 Å². The zero-order valence-corrected chi connectivity index (χ0v) is 22.0. The fourth-order valence-electron chi connectivity index (χ4n) is 4.75. The molecule has 5 heterocycles. The third kappa shape index (κ3) is 6.29. The SMILES string of the molecule is CN(C)CC1CCCCN1c1cc(C(F)(F)F)c(-c2cnc3c(Nc4ccc(C(F)(F)F)cn4)ccnc3n2)nn1. The highest BCUT2D eigenvalue weighted by Crippen LogP contribution is 2.38. The highest BCUT2D eigenvalue weighted by atomic mass is 19.4. The van der Waals surface area contributed by atoms with Crippen molar-refractivity contribution in [3.8, 4) is 11.4 Å². The lowest BCUT2D eigenvalue weighted by molar-refractivity contribution is -0.138. The number of nitrogens with one attached hydrogen (secondary N) is 1. The summed E-state index contributed by atoms with van der Waals surface area (Å²) in [5.41, 5.74) is -2.08. The van der Waals surface area contributed by atoms with E-state index in [1.807, 2.05) is 23.9 Å². The van der Waals surface area contributed by atoms with Crippen LogP contribution in [-0.2, 0) is 12.4 Å². The molecule has 1 aliphatic rings.